The van der Waals surface area contributed by atoms with Crippen molar-refractivity contribution in [2.45, 2.75) is 13.5 Å². The predicted molar refractivity (Wildman–Crippen MR) is 123 cm³/mol. The molecule has 0 radical (unpaired) electrons. The lowest BCUT2D eigenvalue weighted by Gasteiger charge is -2.14. The highest BCUT2D eigenvalue weighted by molar-refractivity contribution is 9.10. The molecule has 0 atom stereocenters. The molecule has 4 nitrogen and oxygen atoms in total. The van der Waals surface area contributed by atoms with E-state index in [9.17, 15) is 9.18 Å². The Morgan fingerprint density at radius 1 is 1.03 bits per heavy atom. The van der Waals surface area contributed by atoms with Gasteiger partial charge in [0.15, 0.2) is 6.61 Å². The highest BCUT2D eigenvalue weighted by atomic mass is 79.9. The van der Waals surface area contributed by atoms with E-state index in [1.54, 1.807) is 24.3 Å². The first-order chi connectivity index (χ1) is 14.3. The minimum atomic E-state index is -0.477. The third-order valence-corrected chi connectivity index (χ3v) is 5.43. The maximum Gasteiger partial charge on any atom is 0.262 e. The van der Waals surface area contributed by atoms with Crippen molar-refractivity contribution in [2.24, 2.45) is 0 Å². The van der Waals surface area contributed by atoms with Crippen molar-refractivity contribution in [1.82, 2.24) is 0 Å². The Morgan fingerprint density at radius 3 is 2.50 bits per heavy atom. The van der Waals surface area contributed by atoms with Gasteiger partial charge in [-0.2, -0.15) is 0 Å². The van der Waals surface area contributed by atoms with E-state index in [1.807, 2.05) is 25.1 Å². The fourth-order valence-electron chi connectivity index (χ4n) is 2.64. The van der Waals surface area contributed by atoms with Crippen LogP contribution >= 0.6 is 39.1 Å². The number of rotatable bonds is 7. The second kappa shape index (κ2) is 10.2. The molecule has 3 aromatic carbocycles. The van der Waals surface area contributed by atoms with Gasteiger partial charge in [0.05, 0.1) is 5.02 Å². The first kappa shape index (κ1) is 22.4. The maximum atomic E-state index is 13.3. The summed E-state index contributed by atoms with van der Waals surface area (Å²) in [5.74, 6) is -0.229. The van der Waals surface area contributed by atoms with E-state index in [4.69, 9.17) is 27.9 Å². The predicted octanol–water partition coefficient (Wildman–Crippen LogP) is 6.83. The van der Waals surface area contributed by atoms with E-state index >= 15 is 0 Å². The molecule has 0 aliphatic rings. The number of hydrogen-bond acceptors (Lipinski definition) is 3. The number of carbonyl (C=O) groups is 1. The first-order valence-electron chi connectivity index (χ1n) is 8.98. The molecule has 0 bridgehead atoms. The molecule has 8 heteroatoms. The summed E-state index contributed by atoms with van der Waals surface area (Å²) in [6.07, 6.45) is 0. The minimum Gasteiger partial charge on any atom is -0.483 e. The van der Waals surface area contributed by atoms with Gasteiger partial charge < -0.3 is 15.4 Å². The summed E-state index contributed by atoms with van der Waals surface area (Å²) in [7, 11) is 0. The molecular formula is C22H18BrCl2FN2O2. The molecule has 0 aliphatic heterocycles. The Kier molecular flexibility index (Phi) is 7.58. The first-order valence-corrected chi connectivity index (χ1v) is 10.5. The number of nitrogens with one attached hydrogen (secondary N) is 2. The number of aryl methyl sites for hydroxylation is 1. The van der Waals surface area contributed by atoms with Gasteiger partial charge in [-0.05, 0) is 61.0 Å². The average Bonchev–Trinajstić information content (AvgIpc) is 2.71. The molecule has 0 saturated carbocycles. The van der Waals surface area contributed by atoms with Gasteiger partial charge in [-0.1, -0.05) is 45.2 Å². The van der Waals surface area contributed by atoms with Crippen LogP contribution in [0.4, 0.5) is 15.8 Å². The quantitative estimate of drug-likeness (QED) is 0.365. The largest absolute Gasteiger partial charge is 0.483 e. The summed E-state index contributed by atoms with van der Waals surface area (Å²) >= 11 is 15.3. The fourth-order valence-corrected chi connectivity index (χ4v) is 3.41. The van der Waals surface area contributed by atoms with Gasteiger partial charge in [-0.25, -0.2) is 4.39 Å². The number of ether oxygens (including phenoxy) is 1. The van der Waals surface area contributed by atoms with E-state index in [1.165, 1.54) is 12.1 Å². The summed E-state index contributed by atoms with van der Waals surface area (Å²) in [5.41, 5.74) is 3.02. The zero-order valence-electron chi connectivity index (χ0n) is 15.9. The van der Waals surface area contributed by atoms with Crippen molar-refractivity contribution in [3.63, 3.8) is 0 Å². The average molecular weight is 512 g/mol. The molecular weight excluding hydrogens is 494 g/mol. The van der Waals surface area contributed by atoms with Crippen molar-refractivity contribution < 1.29 is 13.9 Å². The Bertz CT molecular complexity index is 1080. The smallest absolute Gasteiger partial charge is 0.262 e. The van der Waals surface area contributed by atoms with Crippen LogP contribution in [0.5, 0.6) is 5.75 Å². The van der Waals surface area contributed by atoms with Crippen LogP contribution in [0.1, 0.15) is 11.1 Å². The Labute approximate surface area is 192 Å². The van der Waals surface area contributed by atoms with Gasteiger partial charge in [0.1, 0.15) is 11.6 Å². The lowest BCUT2D eigenvalue weighted by Crippen LogP contribution is -2.20. The number of carbonyl (C=O) groups excluding carboxylic acids is 1. The minimum absolute atomic E-state index is 0.0404. The van der Waals surface area contributed by atoms with E-state index in [2.05, 4.69) is 26.6 Å². The molecule has 156 valence electrons. The molecule has 1 amide bonds. The van der Waals surface area contributed by atoms with Crippen molar-refractivity contribution in [1.29, 1.82) is 0 Å². The van der Waals surface area contributed by atoms with E-state index < -0.39 is 5.82 Å². The van der Waals surface area contributed by atoms with Crippen LogP contribution in [0.3, 0.4) is 0 Å². The number of benzene rings is 3. The van der Waals surface area contributed by atoms with Gasteiger partial charge in [-0.3, -0.25) is 4.79 Å². The van der Waals surface area contributed by atoms with Crippen LogP contribution in [-0.2, 0) is 11.3 Å². The van der Waals surface area contributed by atoms with Gasteiger partial charge in [0.2, 0.25) is 0 Å². The Hall–Kier alpha value is -2.28. The monoisotopic (exact) mass is 510 g/mol. The van der Waals surface area contributed by atoms with Gasteiger partial charge in [0.25, 0.3) is 5.91 Å². The highest BCUT2D eigenvalue weighted by Crippen LogP contribution is 2.26. The lowest BCUT2D eigenvalue weighted by atomic mass is 10.2. The zero-order chi connectivity index (χ0) is 21.7. The molecule has 0 saturated heterocycles. The molecule has 0 heterocycles. The second-order valence-electron chi connectivity index (χ2n) is 6.54. The van der Waals surface area contributed by atoms with Crippen molar-refractivity contribution in [3.8, 4) is 5.75 Å². The van der Waals surface area contributed by atoms with E-state index in [0.29, 0.717) is 28.7 Å². The SMILES string of the molecule is Cc1ccc(NC(=O)COc2ccc(Br)cc2CNc2ccc(F)c(Cl)c2)cc1Cl. The molecule has 0 aromatic heterocycles. The number of hydrogen-bond donors (Lipinski definition) is 2. The molecule has 0 unspecified atom stereocenters. The number of halogens is 4. The summed E-state index contributed by atoms with van der Waals surface area (Å²) in [6.45, 7) is 2.12. The van der Waals surface area contributed by atoms with E-state index in [0.717, 1.165) is 15.6 Å². The number of anilines is 2. The van der Waals surface area contributed by atoms with Crippen LogP contribution in [0, 0.1) is 12.7 Å². The fraction of sp³-hybridized carbons (Fsp3) is 0.136. The van der Waals surface area contributed by atoms with Crippen LogP contribution < -0.4 is 15.4 Å². The number of amides is 1. The van der Waals surface area contributed by atoms with Gasteiger partial charge >= 0.3 is 0 Å². The normalized spacial score (nSPS) is 10.6. The molecule has 2 N–H and O–H groups in total. The standard InChI is InChI=1S/C22H18BrCl2FN2O2/c1-13-2-4-17(10-18(13)24)28-22(29)12-30-21-7-3-15(23)8-14(21)11-27-16-5-6-20(26)19(25)9-16/h2-10,27H,11-12H2,1H3,(H,28,29). The molecule has 3 aromatic rings. The third kappa shape index (κ3) is 6.11. The summed E-state index contributed by atoms with van der Waals surface area (Å²) in [6, 6.07) is 15.2. The Balaban J connectivity index is 1.63. The molecule has 0 aliphatic carbocycles. The van der Waals surface area contributed by atoms with Crippen LogP contribution in [-0.4, -0.2) is 12.5 Å². The lowest BCUT2D eigenvalue weighted by molar-refractivity contribution is -0.118. The summed E-state index contributed by atoms with van der Waals surface area (Å²) < 4.78 is 19.9. The summed E-state index contributed by atoms with van der Waals surface area (Å²) in [4.78, 5) is 12.3. The molecule has 30 heavy (non-hydrogen) atoms. The summed E-state index contributed by atoms with van der Waals surface area (Å²) in [5, 5.41) is 6.55. The van der Waals surface area contributed by atoms with E-state index in [-0.39, 0.29) is 17.5 Å². The van der Waals surface area contributed by atoms with Crippen molar-refractivity contribution >= 4 is 56.4 Å². The van der Waals surface area contributed by atoms with Gasteiger partial charge in [0, 0.05) is 33.0 Å². The third-order valence-electron chi connectivity index (χ3n) is 4.24. The van der Waals surface area contributed by atoms with Crippen LogP contribution in [0.15, 0.2) is 59.1 Å². The van der Waals surface area contributed by atoms with Gasteiger partial charge in [-0.15, -0.1) is 0 Å². The van der Waals surface area contributed by atoms with Crippen LogP contribution in [0.2, 0.25) is 10.0 Å². The Morgan fingerprint density at radius 2 is 1.77 bits per heavy atom. The second-order valence-corrected chi connectivity index (χ2v) is 8.27. The van der Waals surface area contributed by atoms with Crippen LogP contribution in [0.25, 0.3) is 0 Å². The molecule has 3 rings (SSSR count). The zero-order valence-corrected chi connectivity index (χ0v) is 19.0. The maximum absolute atomic E-state index is 13.3. The van der Waals surface area contributed by atoms with Crippen molar-refractivity contribution in [2.75, 3.05) is 17.2 Å². The topological polar surface area (TPSA) is 50.4 Å². The molecule has 0 fully saturated rings. The highest BCUT2D eigenvalue weighted by Gasteiger charge is 2.10. The molecule has 0 spiro atoms. The van der Waals surface area contributed by atoms with Crippen molar-refractivity contribution in [3.05, 3.63) is 86.1 Å².